The molecule has 0 fully saturated rings. The molecule has 0 bridgehead atoms. The molecule has 0 aliphatic heterocycles. The van der Waals surface area contributed by atoms with Crippen LogP contribution in [0.15, 0.2) is 54.6 Å². The topological polar surface area (TPSA) is 3.24 Å². The molecule has 0 aromatic heterocycles. The Hall–Kier alpha value is -1.54. The van der Waals surface area contributed by atoms with Gasteiger partial charge in [-0.3, -0.25) is 0 Å². The van der Waals surface area contributed by atoms with Gasteiger partial charge in [0.2, 0.25) is 0 Å². The Balaban J connectivity index is 2.25. The van der Waals surface area contributed by atoms with Gasteiger partial charge in [-0.25, -0.2) is 0 Å². The van der Waals surface area contributed by atoms with Crippen molar-refractivity contribution in [3.8, 4) is 0 Å². The van der Waals surface area contributed by atoms with Gasteiger partial charge in [0.25, 0.3) is 0 Å². The Kier molecular flexibility index (Phi) is 3.57. The van der Waals surface area contributed by atoms with Gasteiger partial charge in [-0.15, -0.1) is 0 Å². The number of hydrogen-bond acceptors (Lipinski definition) is 1. The summed E-state index contributed by atoms with van der Waals surface area (Å²) in [5.74, 6) is 0. The molecular formula is C16H21NSi. The summed E-state index contributed by atoms with van der Waals surface area (Å²) in [7, 11) is 0.921. The van der Waals surface area contributed by atoms with Crippen molar-refractivity contribution in [2.75, 3.05) is 11.9 Å². The van der Waals surface area contributed by atoms with Gasteiger partial charge in [-0.05, 0) is 24.3 Å². The van der Waals surface area contributed by atoms with Crippen LogP contribution in [0.5, 0.6) is 0 Å². The zero-order valence-corrected chi connectivity index (χ0v) is 12.6. The van der Waals surface area contributed by atoms with E-state index in [2.05, 4.69) is 80.1 Å². The maximum atomic E-state index is 2.38. The van der Waals surface area contributed by atoms with E-state index in [1.54, 1.807) is 0 Å². The molecule has 0 aliphatic rings. The lowest BCUT2D eigenvalue weighted by molar-refractivity contribution is 1.21. The van der Waals surface area contributed by atoms with Gasteiger partial charge < -0.3 is 4.90 Å². The second kappa shape index (κ2) is 4.98. The molecule has 94 valence electrons. The third-order valence-corrected chi connectivity index (χ3v) is 5.33. The van der Waals surface area contributed by atoms with E-state index in [1.165, 1.54) is 16.6 Å². The minimum atomic E-state index is -1.19. The molecule has 2 aromatic carbocycles. The standard InChI is InChI=1S/C16H21NSi/c1-17(14-8-6-5-7-9-14)15-10-12-16(13-11-15)18(2,3)4/h5-13H,1-4H3. The van der Waals surface area contributed by atoms with Crippen LogP contribution in [0.4, 0.5) is 11.4 Å². The van der Waals surface area contributed by atoms with E-state index >= 15 is 0 Å². The van der Waals surface area contributed by atoms with E-state index in [-0.39, 0.29) is 0 Å². The van der Waals surface area contributed by atoms with Gasteiger partial charge in [0.15, 0.2) is 0 Å². The molecule has 0 atom stereocenters. The quantitative estimate of drug-likeness (QED) is 0.749. The molecule has 2 aromatic rings. The number of anilines is 2. The zero-order chi connectivity index (χ0) is 13.2. The van der Waals surface area contributed by atoms with Crippen LogP contribution in [0, 0.1) is 0 Å². The van der Waals surface area contributed by atoms with E-state index in [0.29, 0.717) is 0 Å². The SMILES string of the molecule is CN(c1ccccc1)c1ccc([Si](C)(C)C)cc1. The molecule has 1 nitrogen and oxygen atoms in total. The first kappa shape index (κ1) is 12.9. The van der Waals surface area contributed by atoms with Gasteiger partial charge in [0, 0.05) is 18.4 Å². The molecule has 2 heteroatoms. The fraction of sp³-hybridized carbons (Fsp3) is 0.250. The van der Waals surface area contributed by atoms with Crippen LogP contribution in [0.2, 0.25) is 19.6 Å². The molecule has 0 saturated heterocycles. The Morgan fingerprint density at radius 3 is 1.72 bits per heavy atom. The average molecular weight is 255 g/mol. The van der Waals surface area contributed by atoms with Gasteiger partial charge in [0.1, 0.15) is 0 Å². The second-order valence-electron chi connectivity index (χ2n) is 5.69. The van der Waals surface area contributed by atoms with Crippen LogP contribution in [0.1, 0.15) is 0 Å². The number of para-hydroxylation sites is 1. The lowest BCUT2D eigenvalue weighted by Gasteiger charge is -2.22. The smallest absolute Gasteiger partial charge is 0.0775 e. The van der Waals surface area contributed by atoms with Crippen molar-refractivity contribution >= 4 is 24.6 Å². The van der Waals surface area contributed by atoms with Gasteiger partial charge in [0.05, 0.1) is 8.07 Å². The van der Waals surface area contributed by atoms with Gasteiger partial charge in [-0.1, -0.05) is 55.2 Å². The summed E-state index contributed by atoms with van der Waals surface area (Å²) in [6, 6.07) is 19.5. The number of rotatable bonds is 3. The van der Waals surface area contributed by atoms with Gasteiger partial charge in [-0.2, -0.15) is 0 Å². The van der Waals surface area contributed by atoms with Crippen molar-refractivity contribution in [1.29, 1.82) is 0 Å². The van der Waals surface area contributed by atoms with Crippen molar-refractivity contribution in [1.82, 2.24) is 0 Å². The van der Waals surface area contributed by atoms with Crippen LogP contribution < -0.4 is 10.1 Å². The summed E-state index contributed by atoms with van der Waals surface area (Å²) in [6.07, 6.45) is 0. The van der Waals surface area contributed by atoms with Crippen LogP contribution >= 0.6 is 0 Å². The number of hydrogen-bond donors (Lipinski definition) is 0. The summed E-state index contributed by atoms with van der Waals surface area (Å²) >= 11 is 0. The Morgan fingerprint density at radius 2 is 1.22 bits per heavy atom. The minimum absolute atomic E-state index is 1.19. The largest absolute Gasteiger partial charge is 0.345 e. The van der Waals surface area contributed by atoms with Crippen molar-refractivity contribution in [2.24, 2.45) is 0 Å². The normalized spacial score (nSPS) is 11.3. The monoisotopic (exact) mass is 255 g/mol. The van der Waals surface area contributed by atoms with E-state index in [1.807, 2.05) is 6.07 Å². The Morgan fingerprint density at radius 1 is 0.722 bits per heavy atom. The molecule has 18 heavy (non-hydrogen) atoms. The molecular weight excluding hydrogens is 234 g/mol. The fourth-order valence-electron chi connectivity index (χ4n) is 1.99. The lowest BCUT2D eigenvalue weighted by atomic mass is 10.2. The van der Waals surface area contributed by atoms with E-state index in [4.69, 9.17) is 0 Å². The summed E-state index contributed by atoms with van der Waals surface area (Å²) < 4.78 is 0. The molecule has 0 N–H and O–H groups in total. The first-order valence-corrected chi connectivity index (χ1v) is 9.88. The highest BCUT2D eigenvalue weighted by Crippen LogP contribution is 2.22. The maximum Gasteiger partial charge on any atom is 0.0775 e. The predicted molar refractivity (Wildman–Crippen MR) is 83.9 cm³/mol. The number of benzene rings is 2. The second-order valence-corrected chi connectivity index (χ2v) is 10.8. The summed E-state index contributed by atoms with van der Waals surface area (Å²) in [5, 5.41) is 1.51. The van der Waals surface area contributed by atoms with Gasteiger partial charge >= 0.3 is 0 Å². The van der Waals surface area contributed by atoms with Crippen molar-refractivity contribution in [2.45, 2.75) is 19.6 Å². The Bertz CT molecular complexity index is 497. The molecule has 0 aliphatic carbocycles. The molecule has 0 spiro atoms. The third-order valence-electron chi connectivity index (χ3n) is 3.26. The maximum absolute atomic E-state index is 2.38. The molecule has 0 heterocycles. The summed E-state index contributed by atoms with van der Waals surface area (Å²) in [6.45, 7) is 7.13. The first-order chi connectivity index (χ1) is 8.48. The predicted octanol–water partition coefficient (Wildman–Crippen LogP) is 4.00. The molecule has 2 rings (SSSR count). The highest BCUT2D eigenvalue weighted by atomic mass is 28.3. The molecule has 0 radical (unpaired) electrons. The van der Waals surface area contributed by atoms with Crippen molar-refractivity contribution < 1.29 is 0 Å². The van der Waals surface area contributed by atoms with Crippen LogP contribution in [0.3, 0.4) is 0 Å². The minimum Gasteiger partial charge on any atom is -0.345 e. The number of nitrogens with zero attached hydrogens (tertiary/aromatic N) is 1. The van der Waals surface area contributed by atoms with Crippen LogP contribution in [-0.4, -0.2) is 15.1 Å². The van der Waals surface area contributed by atoms with E-state index in [9.17, 15) is 0 Å². The average Bonchev–Trinajstić information content (AvgIpc) is 2.38. The van der Waals surface area contributed by atoms with Crippen LogP contribution in [-0.2, 0) is 0 Å². The van der Waals surface area contributed by atoms with E-state index in [0.717, 1.165) is 0 Å². The third kappa shape index (κ3) is 2.82. The van der Waals surface area contributed by atoms with Crippen LogP contribution in [0.25, 0.3) is 0 Å². The molecule has 0 unspecified atom stereocenters. The summed E-state index contributed by atoms with van der Waals surface area (Å²) in [4.78, 5) is 2.22. The van der Waals surface area contributed by atoms with Crippen molar-refractivity contribution in [3.63, 3.8) is 0 Å². The summed E-state index contributed by atoms with van der Waals surface area (Å²) in [5.41, 5.74) is 2.46. The highest BCUT2D eigenvalue weighted by Gasteiger charge is 2.16. The molecule has 0 saturated carbocycles. The zero-order valence-electron chi connectivity index (χ0n) is 11.6. The Labute approximate surface area is 111 Å². The highest BCUT2D eigenvalue weighted by molar-refractivity contribution is 6.88. The fourth-order valence-corrected chi connectivity index (χ4v) is 3.15. The van der Waals surface area contributed by atoms with E-state index < -0.39 is 8.07 Å². The van der Waals surface area contributed by atoms with Crippen molar-refractivity contribution in [3.05, 3.63) is 54.6 Å². The molecule has 0 amide bonds. The first-order valence-electron chi connectivity index (χ1n) is 6.38. The lowest BCUT2D eigenvalue weighted by Crippen LogP contribution is -2.37.